The predicted octanol–water partition coefficient (Wildman–Crippen LogP) is 1.43. The summed E-state index contributed by atoms with van der Waals surface area (Å²) >= 11 is 1.51. The largest absolute Gasteiger partial charge is 0.479 e. The van der Waals surface area contributed by atoms with E-state index < -0.39 is 11.6 Å². The van der Waals surface area contributed by atoms with E-state index in [1.165, 1.54) is 18.3 Å². The molecule has 0 saturated carbocycles. The number of rotatable bonds is 3. The lowest BCUT2D eigenvalue weighted by atomic mass is 9.97. The summed E-state index contributed by atoms with van der Waals surface area (Å²) in [4.78, 5) is 10.6. The molecule has 3 nitrogen and oxygen atoms in total. The van der Waals surface area contributed by atoms with Crippen molar-refractivity contribution in [3.8, 4) is 0 Å². The SMILES string of the molecule is Cc1cscc1CC(C)(O)C(=O)O. The van der Waals surface area contributed by atoms with Crippen molar-refractivity contribution >= 4 is 17.3 Å². The lowest BCUT2D eigenvalue weighted by Gasteiger charge is -2.17. The van der Waals surface area contributed by atoms with E-state index in [1.807, 2.05) is 17.7 Å². The summed E-state index contributed by atoms with van der Waals surface area (Å²) in [5.74, 6) is -1.18. The molecule has 1 aromatic rings. The van der Waals surface area contributed by atoms with Crippen LogP contribution in [0.1, 0.15) is 18.1 Å². The standard InChI is InChI=1S/C9H12O3S/c1-6-4-13-5-7(6)3-9(2,12)8(10)11/h4-5,12H,3H2,1-2H3,(H,10,11). The van der Waals surface area contributed by atoms with Crippen LogP contribution in [0.3, 0.4) is 0 Å². The van der Waals surface area contributed by atoms with Gasteiger partial charge in [0.1, 0.15) is 0 Å². The summed E-state index contributed by atoms with van der Waals surface area (Å²) in [5, 5.41) is 22.0. The van der Waals surface area contributed by atoms with Gasteiger partial charge in [0.25, 0.3) is 0 Å². The Balaban J connectivity index is 2.80. The first-order valence-corrected chi connectivity index (χ1v) is 4.85. The average molecular weight is 200 g/mol. The lowest BCUT2D eigenvalue weighted by Crippen LogP contribution is -2.37. The quantitative estimate of drug-likeness (QED) is 0.776. The fourth-order valence-corrected chi connectivity index (χ4v) is 1.87. The Morgan fingerprint density at radius 2 is 2.23 bits per heavy atom. The monoisotopic (exact) mass is 200 g/mol. The molecule has 0 aromatic carbocycles. The number of carbonyl (C=O) groups is 1. The van der Waals surface area contributed by atoms with Gasteiger partial charge in [-0.2, -0.15) is 11.3 Å². The van der Waals surface area contributed by atoms with E-state index in [4.69, 9.17) is 5.11 Å². The first kappa shape index (κ1) is 10.2. The van der Waals surface area contributed by atoms with Crippen LogP contribution in [0.15, 0.2) is 10.8 Å². The van der Waals surface area contributed by atoms with Gasteiger partial charge in [0, 0.05) is 6.42 Å². The van der Waals surface area contributed by atoms with Crippen molar-refractivity contribution in [1.82, 2.24) is 0 Å². The van der Waals surface area contributed by atoms with Crippen LogP contribution in [0, 0.1) is 6.92 Å². The van der Waals surface area contributed by atoms with Crippen molar-refractivity contribution in [1.29, 1.82) is 0 Å². The summed E-state index contributed by atoms with van der Waals surface area (Å²) in [5.41, 5.74) is 0.273. The molecule has 0 amide bonds. The second-order valence-electron chi connectivity index (χ2n) is 3.34. The van der Waals surface area contributed by atoms with Gasteiger partial charge in [-0.15, -0.1) is 0 Å². The highest BCUT2D eigenvalue weighted by atomic mass is 32.1. The second-order valence-corrected chi connectivity index (χ2v) is 4.08. The molecule has 1 rings (SSSR count). The summed E-state index contributed by atoms with van der Waals surface area (Å²) in [6.45, 7) is 3.22. The minimum absolute atomic E-state index is 0.164. The minimum Gasteiger partial charge on any atom is -0.479 e. The molecule has 0 aliphatic heterocycles. The van der Waals surface area contributed by atoms with Gasteiger partial charge in [0.05, 0.1) is 0 Å². The Bertz CT molecular complexity index is 314. The van der Waals surface area contributed by atoms with Crippen LogP contribution < -0.4 is 0 Å². The molecule has 1 unspecified atom stereocenters. The van der Waals surface area contributed by atoms with E-state index in [0.29, 0.717) is 0 Å². The minimum atomic E-state index is -1.66. The number of aliphatic carboxylic acids is 1. The molecule has 0 spiro atoms. The third kappa shape index (κ3) is 2.29. The van der Waals surface area contributed by atoms with Crippen LogP contribution in [-0.4, -0.2) is 21.8 Å². The fourth-order valence-electron chi connectivity index (χ4n) is 1.01. The molecular weight excluding hydrogens is 188 g/mol. The van der Waals surface area contributed by atoms with Crippen LogP contribution in [0.25, 0.3) is 0 Å². The lowest BCUT2D eigenvalue weighted by molar-refractivity contribution is -0.156. The van der Waals surface area contributed by atoms with Gasteiger partial charge in [-0.1, -0.05) is 0 Å². The highest BCUT2D eigenvalue weighted by molar-refractivity contribution is 7.08. The Morgan fingerprint density at radius 1 is 1.62 bits per heavy atom. The summed E-state index contributed by atoms with van der Waals surface area (Å²) in [7, 11) is 0. The maximum atomic E-state index is 10.6. The topological polar surface area (TPSA) is 57.5 Å². The maximum absolute atomic E-state index is 10.6. The molecule has 4 heteroatoms. The number of hydrogen-bond acceptors (Lipinski definition) is 3. The first-order valence-electron chi connectivity index (χ1n) is 3.91. The highest BCUT2D eigenvalue weighted by Crippen LogP contribution is 2.20. The zero-order valence-electron chi connectivity index (χ0n) is 7.57. The van der Waals surface area contributed by atoms with E-state index >= 15 is 0 Å². The number of carboxylic acid groups (broad SMARTS) is 1. The van der Waals surface area contributed by atoms with Crippen molar-refractivity contribution in [3.05, 3.63) is 21.9 Å². The van der Waals surface area contributed by atoms with Gasteiger partial charge < -0.3 is 10.2 Å². The molecule has 1 atom stereocenters. The van der Waals surface area contributed by atoms with E-state index in [0.717, 1.165) is 11.1 Å². The van der Waals surface area contributed by atoms with Gasteiger partial charge in [-0.25, -0.2) is 4.79 Å². The van der Waals surface area contributed by atoms with Gasteiger partial charge in [0.2, 0.25) is 0 Å². The molecule has 0 aliphatic carbocycles. The Labute approximate surface area is 80.6 Å². The number of aryl methyl sites for hydroxylation is 1. The maximum Gasteiger partial charge on any atom is 0.335 e. The Kier molecular flexibility index (Phi) is 2.73. The van der Waals surface area contributed by atoms with Crippen molar-refractivity contribution in [2.24, 2.45) is 0 Å². The van der Waals surface area contributed by atoms with Gasteiger partial charge in [-0.3, -0.25) is 0 Å². The van der Waals surface area contributed by atoms with Crippen molar-refractivity contribution < 1.29 is 15.0 Å². The third-order valence-electron chi connectivity index (χ3n) is 1.96. The van der Waals surface area contributed by atoms with E-state index in [9.17, 15) is 9.90 Å². The predicted molar refractivity (Wildman–Crippen MR) is 51.0 cm³/mol. The van der Waals surface area contributed by atoms with E-state index in [2.05, 4.69) is 0 Å². The molecule has 0 radical (unpaired) electrons. The first-order chi connectivity index (χ1) is 5.93. The highest BCUT2D eigenvalue weighted by Gasteiger charge is 2.30. The Hall–Kier alpha value is -0.870. The molecular formula is C9H12O3S. The van der Waals surface area contributed by atoms with Gasteiger partial charge >= 0.3 is 5.97 Å². The zero-order chi connectivity index (χ0) is 10.1. The molecule has 1 aromatic heterocycles. The van der Waals surface area contributed by atoms with Crippen LogP contribution in [0.5, 0.6) is 0 Å². The average Bonchev–Trinajstić information content (AvgIpc) is 2.35. The molecule has 13 heavy (non-hydrogen) atoms. The number of carboxylic acids is 1. The summed E-state index contributed by atoms with van der Waals surface area (Å²) < 4.78 is 0. The molecule has 0 fully saturated rings. The van der Waals surface area contributed by atoms with Crippen LogP contribution in [0.2, 0.25) is 0 Å². The van der Waals surface area contributed by atoms with Crippen LogP contribution in [0.4, 0.5) is 0 Å². The molecule has 2 N–H and O–H groups in total. The van der Waals surface area contributed by atoms with Gasteiger partial charge in [-0.05, 0) is 35.7 Å². The van der Waals surface area contributed by atoms with Crippen molar-refractivity contribution in [2.75, 3.05) is 0 Å². The van der Waals surface area contributed by atoms with E-state index in [1.54, 1.807) is 0 Å². The van der Waals surface area contributed by atoms with Crippen molar-refractivity contribution in [2.45, 2.75) is 25.9 Å². The molecule has 0 saturated heterocycles. The zero-order valence-corrected chi connectivity index (χ0v) is 8.39. The number of thiophene rings is 1. The second kappa shape index (κ2) is 3.47. The molecule has 72 valence electrons. The van der Waals surface area contributed by atoms with Gasteiger partial charge in [0.15, 0.2) is 5.60 Å². The van der Waals surface area contributed by atoms with E-state index in [-0.39, 0.29) is 6.42 Å². The van der Waals surface area contributed by atoms with Crippen LogP contribution >= 0.6 is 11.3 Å². The van der Waals surface area contributed by atoms with Crippen molar-refractivity contribution in [3.63, 3.8) is 0 Å². The normalized spacial score (nSPS) is 15.3. The Morgan fingerprint density at radius 3 is 2.62 bits per heavy atom. The molecule has 0 aliphatic rings. The summed E-state index contributed by atoms with van der Waals surface area (Å²) in [6.07, 6.45) is 0.164. The fraction of sp³-hybridized carbons (Fsp3) is 0.444. The number of hydrogen-bond donors (Lipinski definition) is 2. The molecule has 1 heterocycles. The number of aliphatic hydroxyl groups is 1. The van der Waals surface area contributed by atoms with Crippen LogP contribution in [-0.2, 0) is 11.2 Å². The summed E-state index contributed by atoms with van der Waals surface area (Å²) in [6, 6.07) is 0. The third-order valence-corrected chi connectivity index (χ3v) is 2.87. The smallest absolute Gasteiger partial charge is 0.335 e. The molecule has 0 bridgehead atoms.